The molecular formula is C85H87N19O13. The highest BCUT2D eigenvalue weighted by molar-refractivity contribution is 6.03. The zero-order chi connectivity index (χ0) is 81.0. The summed E-state index contributed by atoms with van der Waals surface area (Å²) in [6.07, 6.45) is 17.5. The Morgan fingerprint density at radius 2 is 1.03 bits per heavy atom. The minimum absolute atomic E-state index is 0.0425. The topological polar surface area (TPSA) is 418 Å². The Morgan fingerprint density at radius 1 is 0.547 bits per heavy atom. The van der Waals surface area contributed by atoms with Gasteiger partial charge in [0.1, 0.15) is 63.6 Å². The molecule has 3 fully saturated rings. The molecular weight excluding hydrogens is 1500 g/mol. The smallest absolute Gasteiger partial charge is 0.251 e. The van der Waals surface area contributed by atoms with E-state index in [2.05, 4.69) is 72.1 Å². The van der Waals surface area contributed by atoms with E-state index < -0.39 is 5.54 Å². The number of carbonyl (C=O) groups is 4. The van der Waals surface area contributed by atoms with Crippen molar-refractivity contribution in [3.8, 4) is 62.5 Å². The number of carbonyl (C=O) groups excluding carboxylic acids is 4. The number of anilines is 7. The van der Waals surface area contributed by atoms with E-state index in [0.29, 0.717) is 134 Å². The Labute approximate surface area is 669 Å². The number of aliphatic hydroxyl groups is 1. The highest BCUT2D eigenvalue weighted by Gasteiger charge is 2.29. The zero-order valence-corrected chi connectivity index (χ0v) is 65.6. The predicted octanol–water partition coefficient (Wildman–Crippen LogP) is 14.7. The van der Waals surface area contributed by atoms with E-state index in [9.17, 15) is 24.3 Å². The zero-order valence-electron chi connectivity index (χ0n) is 65.6. The van der Waals surface area contributed by atoms with Gasteiger partial charge in [-0.25, -0.2) is 15.0 Å². The van der Waals surface area contributed by atoms with Crippen LogP contribution in [0, 0.1) is 13.8 Å². The number of nitrogens with one attached hydrogen (secondary N) is 10. The first-order valence-corrected chi connectivity index (χ1v) is 38.8. The summed E-state index contributed by atoms with van der Waals surface area (Å²) in [6.45, 7) is 10.2. The average molecular weight is 1580 g/mol. The largest absolute Gasteiger partial charge is 0.495 e. The van der Waals surface area contributed by atoms with Gasteiger partial charge < -0.3 is 94.5 Å². The van der Waals surface area contributed by atoms with Crippen LogP contribution in [0.1, 0.15) is 133 Å². The van der Waals surface area contributed by atoms with Crippen LogP contribution in [0.2, 0.25) is 0 Å². The fraction of sp³-hybridized carbons (Fsp3) is 0.306. The van der Waals surface area contributed by atoms with Gasteiger partial charge in [0.25, 0.3) is 17.7 Å². The quantitative estimate of drug-likeness (QED) is 0.0300. The minimum atomic E-state index is -0.755. The SMILES string of the molecule is CNC(=O)c1ccc(Nc2nc(OC3CCOCC3)c3c(-c4ccnc(NC(C)=O)c4)c[nH]c3n2)c(OC)c1.COc1cc(C(=O)NC(C)(C)CO)ccc1Nc1nc(OC2CCCC2)c2c(-c3ccc4nc(C)oc4c3)c[nH]c2n1.Cc1nc2ccc(-c3c[nH]c4nc(Nc5ccc6c(c5)CNC6=O)nc(OC5CCCC5)c34)cc2o1. The summed E-state index contributed by atoms with van der Waals surface area (Å²) in [5, 5.41) is 32.5. The Morgan fingerprint density at radius 3 is 1.50 bits per heavy atom. The first kappa shape index (κ1) is 77.2. The molecule has 2 saturated carbocycles. The molecule has 0 bridgehead atoms. The van der Waals surface area contributed by atoms with Gasteiger partial charge in [0, 0.05) is 111 Å². The number of aromatic amines is 3. The van der Waals surface area contributed by atoms with Crippen molar-refractivity contribution in [3.05, 3.63) is 162 Å². The summed E-state index contributed by atoms with van der Waals surface area (Å²) in [5.74, 6) is 4.29. The maximum atomic E-state index is 12.8. The highest BCUT2D eigenvalue weighted by Crippen LogP contribution is 2.43. The van der Waals surface area contributed by atoms with E-state index in [1.54, 1.807) is 69.6 Å². The molecule has 32 heteroatoms. The average Bonchev–Trinajstić information content (AvgIpc) is 1.64. The number of benzene rings is 5. The van der Waals surface area contributed by atoms with Crippen LogP contribution < -0.4 is 60.9 Å². The number of hydrogen-bond donors (Lipinski definition) is 11. The van der Waals surface area contributed by atoms with Crippen molar-refractivity contribution in [2.75, 3.05) is 62.4 Å². The Kier molecular flexibility index (Phi) is 22.0. The molecule has 0 spiro atoms. The number of pyridine rings is 1. The van der Waals surface area contributed by atoms with Crippen molar-refractivity contribution in [1.29, 1.82) is 0 Å². The van der Waals surface area contributed by atoms with E-state index in [0.717, 1.165) is 136 Å². The summed E-state index contributed by atoms with van der Waals surface area (Å²) in [6, 6.07) is 31.3. The van der Waals surface area contributed by atoms with Crippen LogP contribution in [0.15, 0.2) is 137 Å². The van der Waals surface area contributed by atoms with Crippen LogP contribution in [-0.4, -0.2) is 153 Å². The molecule has 11 heterocycles. The molecule has 4 amide bonds. The van der Waals surface area contributed by atoms with Gasteiger partial charge in [0.2, 0.25) is 41.4 Å². The summed E-state index contributed by atoms with van der Waals surface area (Å²) in [4.78, 5) is 99.7. The van der Waals surface area contributed by atoms with Gasteiger partial charge in [0.15, 0.2) is 22.9 Å². The maximum Gasteiger partial charge on any atom is 0.251 e. The molecule has 32 nitrogen and oxygen atoms in total. The molecule has 14 aromatic rings. The number of H-pyrrole nitrogens is 3. The summed E-state index contributed by atoms with van der Waals surface area (Å²) in [5.41, 5.74) is 14.1. The predicted molar refractivity (Wildman–Crippen MR) is 440 cm³/mol. The van der Waals surface area contributed by atoms with Gasteiger partial charge in [-0.05, 0) is 178 Å². The van der Waals surface area contributed by atoms with E-state index >= 15 is 0 Å². The van der Waals surface area contributed by atoms with Crippen molar-refractivity contribution < 1.29 is 61.5 Å². The molecule has 0 unspecified atom stereocenters. The number of ether oxygens (including phenoxy) is 6. The second-order valence-electron chi connectivity index (χ2n) is 29.6. The van der Waals surface area contributed by atoms with Crippen molar-refractivity contribution in [3.63, 3.8) is 0 Å². The van der Waals surface area contributed by atoms with Gasteiger partial charge >= 0.3 is 0 Å². The molecule has 11 N–H and O–H groups in total. The number of amides is 4. The van der Waals surface area contributed by atoms with Gasteiger partial charge in [-0.2, -0.15) is 29.9 Å². The number of oxazole rings is 2. The van der Waals surface area contributed by atoms with Crippen molar-refractivity contribution in [2.24, 2.45) is 0 Å². The molecule has 600 valence electrons. The number of hydrogen-bond acceptors (Lipinski definition) is 25. The Bertz CT molecular complexity index is 6090. The van der Waals surface area contributed by atoms with Crippen LogP contribution in [-0.2, 0) is 16.1 Å². The van der Waals surface area contributed by atoms with Crippen molar-refractivity contribution in [1.82, 2.24) is 75.8 Å². The van der Waals surface area contributed by atoms with Gasteiger partial charge in [-0.3, -0.25) is 19.2 Å². The minimum Gasteiger partial charge on any atom is -0.495 e. The molecule has 0 radical (unpaired) electrons. The molecule has 18 rings (SSSR count). The molecule has 117 heavy (non-hydrogen) atoms. The number of rotatable bonds is 22. The summed E-state index contributed by atoms with van der Waals surface area (Å²) < 4.78 is 47.5. The lowest BCUT2D eigenvalue weighted by Crippen LogP contribution is -2.46. The summed E-state index contributed by atoms with van der Waals surface area (Å²) in [7, 11) is 4.63. The first-order valence-electron chi connectivity index (χ1n) is 38.8. The number of aryl methyl sites for hydroxylation is 2. The highest BCUT2D eigenvalue weighted by atomic mass is 16.5. The fourth-order valence-corrected chi connectivity index (χ4v) is 14.8. The molecule has 0 atom stereocenters. The Hall–Kier alpha value is -13.8. The van der Waals surface area contributed by atoms with E-state index in [-0.39, 0.29) is 54.5 Å². The normalized spacial score (nSPS) is 14.4. The number of nitrogens with zero attached hydrogens (tertiary/aromatic N) is 9. The number of aliphatic hydroxyl groups excluding tert-OH is 1. The molecule has 9 aromatic heterocycles. The van der Waals surface area contributed by atoms with Gasteiger partial charge in [0.05, 0.1) is 67.1 Å². The molecule has 2 aliphatic carbocycles. The van der Waals surface area contributed by atoms with Crippen LogP contribution >= 0.6 is 0 Å². The number of methoxy groups -OCH3 is 2. The molecule has 5 aromatic carbocycles. The van der Waals surface area contributed by atoms with E-state index in [4.69, 9.17) is 62.2 Å². The van der Waals surface area contributed by atoms with Crippen LogP contribution in [0.5, 0.6) is 29.1 Å². The molecule has 4 aliphatic rings. The Balaban J connectivity index is 0.000000132. The van der Waals surface area contributed by atoms with E-state index in [1.807, 2.05) is 93.1 Å². The van der Waals surface area contributed by atoms with Crippen LogP contribution in [0.3, 0.4) is 0 Å². The lowest BCUT2D eigenvalue weighted by molar-refractivity contribution is -0.114. The lowest BCUT2D eigenvalue weighted by Gasteiger charge is -2.23. The van der Waals surface area contributed by atoms with Crippen LogP contribution in [0.4, 0.5) is 40.7 Å². The van der Waals surface area contributed by atoms with Crippen molar-refractivity contribution in [2.45, 2.75) is 129 Å². The van der Waals surface area contributed by atoms with E-state index in [1.165, 1.54) is 21.1 Å². The molecule has 1 saturated heterocycles. The number of fused-ring (bicyclic) bond motifs is 6. The summed E-state index contributed by atoms with van der Waals surface area (Å²) >= 11 is 0. The van der Waals surface area contributed by atoms with Crippen molar-refractivity contribution >= 4 is 120 Å². The maximum absolute atomic E-state index is 12.8. The fourth-order valence-electron chi connectivity index (χ4n) is 14.8. The second kappa shape index (κ2) is 33.4. The third-order valence-corrected chi connectivity index (χ3v) is 20.6. The third kappa shape index (κ3) is 17.1. The first-order chi connectivity index (χ1) is 56.8. The van der Waals surface area contributed by atoms with Gasteiger partial charge in [-0.1, -0.05) is 12.1 Å². The number of aromatic nitrogens is 12. The van der Waals surface area contributed by atoms with Crippen LogP contribution in [0.25, 0.3) is 88.7 Å². The standard InChI is InChI=1S/C31H34N6O5.C27H29N7O5.C27H24N6O3/c1-17-33-23-11-9-18(13-25(23)41-17)21-15-32-27-26(21)29(42-20-7-5-6-8-20)36-30(35-27)34-22-12-10-19(14-24(22)40-4)28(39)37-31(2,3)16-38;1-15(35)31-22-13-16(6-9-29-22)19-14-30-24-23(19)26(39-18-7-10-38-11-8-18)34-27(33-24)32-20-5-4-17(25(36)28-2)12-21(20)37-3;1-14-30-21-9-6-15(11-22(21)35-14)20-13-28-24-23(20)26(36-18-4-2-3-5-18)33-27(32-24)31-17-7-8-19-16(10-17)12-29-25(19)34/h9-15,20,38H,5-8,16H2,1-4H3,(H,37,39)(H2,32,34,35,36);4-6,9,12-14,18H,7-8,10-11H2,1-3H3,(H,28,36)(H,29,31,35)(H2,30,32,33,34);6-11,13,18H,2-5,12H2,1H3,(H,29,34)(H2,28,31,32,33). The molecule has 2 aliphatic heterocycles. The monoisotopic (exact) mass is 1580 g/mol. The third-order valence-electron chi connectivity index (χ3n) is 20.6. The van der Waals surface area contributed by atoms with Gasteiger partial charge in [-0.15, -0.1) is 0 Å². The lowest BCUT2D eigenvalue weighted by atomic mass is 10.1. The second-order valence-corrected chi connectivity index (χ2v) is 29.6.